The molecule has 264 valence electrons. The molecule has 1 fully saturated rings. The van der Waals surface area contributed by atoms with E-state index in [0.29, 0.717) is 43.0 Å². The third-order valence-electron chi connectivity index (χ3n) is 7.61. The fourth-order valence-corrected chi connectivity index (χ4v) is 7.01. The first-order valence-corrected chi connectivity index (χ1v) is 17.0. The summed E-state index contributed by atoms with van der Waals surface area (Å²) in [4.78, 5) is 13.7. The minimum Gasteiger partial charge on any atom is -0.491 e. The van der Waals surface area contributed by atoms with Gasteiger partial charge in [0.2, 0.25) is 0 Å². The molecule has 1 aliphatic rings. The molecule has 1 aliphatic heterocycles. The van der Waals surface area contributed by atoms with E-state index in [0.717, 1.165) is 5.56 Å². The number of nitrogens with zero attached hydrogens (tertiary/aromatic N) is 1. The molecule has 3 aromatic carbocycles. The van der Waals surface area contributed by atoms with Gasteiger partial charge in [0.1, 0.15) is 5.75 Å². The summed E-state index contributed by atoms with van der Waals surface area (Å²) in [6.07, 6.45) is -10.1. The van der Waals surface area contributed by atoms with E-state index in [1.165, 1.54) is 16.4 Å². The number of alkyl halides is 6. The molecule has 0 spiro atoms. The maximum atomic E-state index is 13.7. The van der Waals surface area contributed by atoms with Crippen molar-refractivity contribution in [3.05, 3.63) is 94.5 Å². The minimum atomic E-state index is -5.00. The third kappa shape index (κ3) is 10.3. The van der Waals surface area contributed by atoms with Gasteiger partial charge in [-0.15, -0.1) is 10.8 Å². The maximum absolute atomic E-state index is 13.7. The van der Waals surface area contributed by atoms with Crippen LogP contribution in [0.1, 0.15) is 59.3 Å². The van der Waals surface area contributed by atoms with E-state index in [4.69, 9.17) is 4.74 Å². The molecule has 1 saturated heterocycles. The van der Waals surface area contributed by atoms with Crippen molar-refractivity contribution in [1.82, 2.24) is 10.6 Å². The molecular weight excluding hydrogens is 664 g/mol. The normalized spacial score (nSPS) is 17.1. The second kappa shape index (κ2) is 15.4. The van der Waals surface area contributed by atoms with Crippen LogP contribution < -0.4 is 19.7 Å². The number of hydrogen-bond acceptors (Lipinski definition) is 7. The lowest BCUT2D eigenvalue weighted by atomic mass is 10.00. The van der Waals surface area contributed by atoms with Crippen LogP contribution in [0.15, 0.2) is 66.7 Å². The van der Waals surface area contributed by atoms with Gasteiger partial charge in [0.25, 0.3) is 5.91 Å². The predicted molar refractivity (Wildman–Crippen MR) is 172 cm³/mol. The molecule has 8 nitrogen and oxygen atoms in total. The average Bonchev–Trinajstić information content (AvgIpc) is 2.99. The summed E-state index contributed by atoms with van der Waals surface area (Å²) in [5.41, 5.74) is -1.94. The van der Waals surface area contributed by atoms with Crippen LogP contribution in [0.25, 0.3) is 0 Å². The molecule has 5 N–H and O–H groups in total. The summed E-state index contributed by atoms with van der Waals surface area (Å²) in [6.45, 7) is 3.24. The lowest BCUT2D eigenvalue weighted by molar-refractivity contribution is -0.143. The largest absolute Gasteiger partial charge is 0.491 e. The Morgan fingerprint density at radius 1 is 0.917 bits per heavy atom. The lowest BCUT2D eigenvalue weighted by Crippen LogP contribution is -2.48. The highest BCUT2D eigenvalue weighted by Crippen LogP contribution is 2.50. The molecule has 3 aromatic rings. The summed E-state index contributed by atoms with van der Waals surface area (Å²) < 4.78 is 109. The Hall–Kier alpha value is -3.50. The van der Waals surface area contributed by atoms with Gasteiger partial charge >= 0.3 is 12.4 Å². The van der Waals surface area contributed by atoms with E-state index < -0.39 is 58.9 Å². The zero-order valence-corrected chi connectivity index (χ0v) is 27.1. The van der Waals surface area contributed by atoms with Crippen LogP contribution in [0, 0.1) is 0 Å². The van der Waals surface area contributed by atoms with Crippen LogP contribution in [-0.4, -0.2) is 57.2 Å². The number of rotatable bonds is 12. The van der Waals surface area contributed by atoms with Crippen LogP contribution in [0.2, 0.25) is 0 Å². The van der Waals surface area contributed by atoms with Crippen molar-refractivity contribution in [2.24, 2.45) is 0 Å². The van der Waals surface area contributed by atoms with E-state index >= 15 is 0 Å². The van der Waals surface area contributed by atoms with Crippen LogP contribution in [0.5, 0.6) is 5.75 Å². The molecule has 15 heteroatoms. The van der Waals surface area contributed by atoms with Crippen molar-refractivity contribution < 1.29 is 50.1 Å². The summed E-state index contributed by atoms with van der Waals surface area (Å²) in [7, 11) is -3.12. The summed E-state index contributed by atoms with van der Waals surface area (Å²) in [5, 5.41) is 16.7. The Morgan fingerprint density at radius 3 is 2.15 bits per heavy atom. The van der Waals surface area contributed by atoms with Gasteiger partial charge in [-0.2, -0.15) is 26.3 Å². The topological polar surface area (TPSA) is 114 Å². The van der Waals surface area contributed by atoms with Crippen LogP contribution in [0.4, 0.5) is 32.0 Å². The Labute approximate surface area is 276 Å². The molecule has 0 bridgehead atoms. The standard InChI is InChI=1S/C33H39F6N3O5S/c1-21(2)47-28-16-24(15-27(18-28)42-10-6-7-11-48(42,45)46)31(44)41-29(14-22-8-4-3-5-9-22)30(43)20-40-19-23-12-25(32(34,35)36)17-26(13-23)33(37,38)39/h3-5,8-9,12-13,15-18,21,29-30,40,43,45-46H,6-7,10-11,14,19-20H2,1-2H3,(H,41,44)/t29-,30-/m0/s1. The second-order valence-electron chi connectivity index (χ2n) is 11.9. The number of hydrogen-bond donors (Lipinski definition) is 5. The van der Waals surface area contributed by atoms with E-state index in [-0.39, 0.29) is 42.0 Å². The number of halogens is 6. The molecule has 1 heterocycles. The van der Waals surface area contributed by atoms with Gasteiger partial charge in [-0.3, -0.25) is 18.2 Å². The van der Waals surface area contributed by atoms with Gasteiger partial charge in [0.05, 0.1) is 40.8 Å². The van der Waals surface area contributed by atoms with Crippen LogP contribution >= 0.6 is 10.8 Å². The first-order chi connectivity index (χ1) is 22.4. The molecule has 1 amide bonds. The SMILES string of the molecule is CC(C)Oc1cc(C(=O)N[C@@H](Cc2ccccc2)[C@@H](O)CNCc2cc(C(F)(F)F)cc(C(F)(F)F)c2)cc(N2CCCCS2(O)O)c1. The van der Waals surface area contributed by atoms with Gasteiger partial charge in [-0.05, 0) is 74.6 Å². The molecule has 0 aromatic heterocycles. The first kappa shape index (κ1) is 37.3. The van der Waals surface area contributed by atoms with E-state index in [1.807, 2.05) is 0 Å². The Kier molecular flexibility index (Phi) is 11.9. The number of anilines is 1. The van der Waals surface area contributed by atoms with E-state index in [9.17, 15) is 45.3 Å². The molecule has 0 saturated carbocycles. The van der Waals surface area contributed by atoms with Crippen molar-refractivity contribution in [3.63, 3.8) is 0 Å². The minimum absolute atomic E-state index is 0.0457. The lowest BCUT2D eigenvalue weighted by Gasteiger charge is -2.47. The summed E-state index contributed by atoms with van der Waals surface area (Å²) >= 11 is 0. The number of carbonyl (C=O) groups is 1. The van der Waals surface area contributed by atoms with Crippen molar-refractivity contribution in [2.75, 3.05) is 23.1 Å². The van der Waals surface area contributed by atoms with Crippen LogP contribution in [0.3, 0.4) is 0 Å². The Morgan fingerprint density at radius 2 is 1.56 bits per heavy atom. The van der Waals surface area contributed by atoms with Crippen molar-refractivity contribution in [2.45, 2.75) is 70.3 Å². The number of amides is 1. The molecular formula is C33H39F6N3O5S. The fourth-order valence-electron chi connectivity index (χ4n) is 5.34. The predicted octanol–water partition coefficient (Wildman–Crippen LogP) is 7.27. The highest BCUT2D eigenvalue weighted by atomic mass is 32.3. The molecule has 0 aliphatic carbocycles. The summed E-state index contributed by atoms with van der Waals surface area (Å²) in [5.74, 6) is -0.124. The highest BCUT2D eigenvalue weighted by Gasteiger charge is 2.37. The first-order valence-electron chi connectivity index (χ1n) is 15.3. The smallest absolute Gasteiger partial charge is 0.416 e. The number of nitrogens with one attached hydrogen (secondary N) is 2. The molecule has 48 heavy (non-hydrogen) atoms. The fraction of sp³-hybridized carbons (Fsp3) is 0.424. The monoisotopic (exact) mass is 703 g/mol. The molecule has 0 unspecified atom stereocenters. The number of carbonyl (C=O) groups excluding carboxylic acids is 1. The maximum Gasteiger partial charge on any atom is 0.416 e. The van der Waals surface area contributed by atoms with Gasteiger partial charge in [-0.1, -0.05) is 30.3 Å². The number of aliphatic hydroxyl groups is 1. The van der Waals surface area contributed by atoms with Crippen molar-refractivity contribution >= 4 is 22.4 Å². The van der Waals surface area contributed by atoms with Gasteiger partial charge < -0.3 is 20.5 Å². The van der Waals surface area contributed by atoms with Crippen molar-refractivity contribution in [3.8, 4) is 5.75 Å². The zero-order valence-electron chi connectivity index (χ0n) is 26.3. The second-order valence-corrected chi connectivity index (χ2v) is 14.0. The highest BCUT2D eigenvalue weighted by molar-refractivity contribution is 8.25. The zero-order chi connectivity index (χ0) is 35.3. The molecule has 4 rings (SSSR count). The summed E-state index contributed by atoms with van der Waals surface area (Å²) in [6, 6.07) is 13.8. The quantitative estimate of drug-likeness (QED) is 0.126. The van der Waals surface area contributed by atoms with E-state index in [1.54, 1.807) is 50.2 Å². The number of aliphatic hydroxyl groups excluding tert-OH is 1. The van der Waals surface area contributed by atoms with Crippen molar-refractivity contribution in [1.29, 1.82) is 0 Å². The molecule has 2 atom stereocenters. The number of benzene rings is 3. The average molecular weight is 704 g/mol. The van der Waals surface area contributed by atoms with Gasteiger partial charge in [0.15, 0.2) is 0 Å². The Bertz CT molecular complexity index is 1510. The Balaban J connectivity index is 1.56. The van der Waals surface area contributed by atoms with Gasteiger partial charge in [-0.25, -0.2) is 0 Å². The van der Waals surface area contributed by atoms with Crippen LogP contribution in [-0.2, 0) is 25.3 Å². The van der Waals surface area contributed by atoms with E-state index in [2.05, 4.69) is 10.6 Å². The van der Waals surface area contributed by atoms with Gasteiger partial charge in [0, 0.05) is 31.3 Å². The number of ether oxygens (including phenoxy) is 1. The third-order valence-corrected chi connectivity index (χ3v) is 9.54. The molecule has 0 radical (unpaired) electrons.